The third-order valence-corrected chi connectivity index (χ3v) is 3.22. The monoisotopic (exact) mass is 316 g/mol. The van der Waals surface area contributed by atoms with Crippen molar-refractivity contribution in [3.05, 3.63) is 52.4 Å². The van der Waals surface area contributed by atoms with Gasteiger partial charge in [-0.1, -0.05) is 19.4 Å². The molecule has 2 aromatic rings. The van der Waals surface area contributed by atoms with Gasteiger partial charge in [0.05, 0.1) is 0 Å². The van der Waals surface area contributed by atoms with E-state index in [0.29, 0.717) is 11.3 Å². The Labute approximate surface area is 134 Å². The molecule has 0 aliphatic carbocycles. The van der Waals surface area contributed by atoms with Crippen LogP contribution in [0.3, 0.4) is 0 Å². The number of fused-ring (bicyclic) bond motifs is 1. The lowest BCUT2D eigenvalue weighted by atomic mass is 10.1. The number of hydrogen-bond donors (Lipinski definition) is 0. The summed E-state index contributed by atoms with van der Waals surface area (Å²) in [6.07, 6.45) is 4.74. The molecular weight excluding hydrogens is 296 g/mol. The molecule has 0 atom stereocenters. The highest BCUT2D eigenvalue weighted by Gasteiger charge is 2.07. The van der Waals surface area contributed by atoms with E-state index in [4.69, 9.17) is 13.9 Å². The molecule has 23 heavy (non-hydrogen) atoms. The van der Waals surface area contributed by atoms with E-state index in [9.17, 15) is 9.59 Å². The lowest BCUT2D eigenvalue weighted by Crippen LogP contribution is -2.10. The molecule has 0 unspecified atom stereocenters. The van der Waals surface area contributed by atoms with E-state index in [1.807, 2.05) is 12.1 Å². The Bertz CT molecular complexity index is 758. The van der Waals surface area contributed by atoms with Crippen LogP contribution < -0.4 is 10.4 Å². The summed E-state index contributed by atoms with van der Waals surface area (Å²) in [6.45, 7) is 4.19. The fourth-order valence-electron chi connectivity index (χ4n) is 2.26. The van der Waals surface area contributed by atoms with Crippen LogP contribution in [0.25, 0.3) is 11.0 Å². The van der Waals surface area contributed by atoms with Gasteiger partial charge in [-0.05, 0) is 31.0 Å². The van der Waals surface area contributed by atoms with Crippen molar-refractivity contribution in [2.24, 2.45) is 0 Å². The van der Waals surface area contributed by atoms with Gasteiger partial charge in [0, 0.05) is 23.6 Å². The van der Waals surface area contributed by atoms with E-state index in [-0.39, 0.29) is 18.8 Å². The van der Waals surface area contributed by atoms with E-state index >= 15 is 0 Å². The predicted octanol–water partition coefficient (Wildman–Crippen LogP) is 3.24. The molecule has 2 rings (SSSR count). The number of carbonyl (C=O) groups is 1. The smallest absolute Gasteiger partial charge is 0.336 e. The second-order valence-electron chi connectivity index (χ2n) is 5.01. The molecule has 122 valence electrons. The number of allylic oxidation sites excluding steroid dienone is 1. The highest BCUT2D eigenvalue weighted by molar-refractivity contribution is 5.82. The van der Waals surface area contributed by atoms with Gasteiger partial charge in [0.25, 0.3) is 0 Å². The zero-order valence-electron chi connectivity index (χ0n) is 13.3. The summed E-state index contributed by atoms with van der Waals surface area (Å²) in [5.41, 5.74) is 1.12. The van der Waals surface area contributed by atoms with Crippen LogP contribution >= 0.6 is 0 Å². The van der Waals surface area contributed by atoms with Gasteiger partial charge in [-0.15, -0.1) is 0 Å². The molecule has 5 heteroatoms. The van der Waals surface area contributed by atoms with Gasteiger partial charge in [-0.25, -0.2) is 9.59 Å². The molecule has 0 aliphatic heterocycles. The fourth-order valence-corrected chi connectivity index (χ4v) is 2.26. The fraction of sp³-hybridized carbons (Fsp3) is 0.333. The average molecular weight is 316 g/mol. The summed E-state index contributed by atoms with van der Waals surface area (Å²) in [5.74, 6) is 0.168. The number of esters is 1. The normalized spacial score (nSPS) is 11.0. The number of hydrogen-bond acceptors (Lipinski definition) is 5. The molecule has 1 aromatic heterocycles. The van der Waals surface area contributed by atoms with E-state index in [0.717, 1.165) is 23.8 Å². The minimum absolute atomic E-state index is 0.154. The quantitative estimate of drug-likeness (QED) is 0.339. The molecule has 1 aromatic carbocycles. The van der Waals surface area contributed by atoms with Gasteiger partial charge < -0.3 is 13.9 Å². The summed E-state index contributed by atoms with van der Waals surface area (Å²) >= 11 is 0. The minimum atomic E-state index is -0.398. The zero-order valence-corrected chi connectivity index (χ0v) is 13.3. The summed E-state index contributed by atoms with van der Waals surface area (Å²) in [5, 5.41) is 0.915. The van der Waals surface area contributed by atoms with Gasteiger partial charge in [0.1, 0.15) is 24.5 Å². The Morgan fingerprint density at radius 3 is 2.83 bits per heavy atom. The summed E-state index contributed by atoms with van der Waals surface area (Å²) in [6, 6.07) is 6.91. The highest BCUT2D eigenvalue weighted by Crippen LogP contribution is 2.23. The first-order chi connectivity index (χ1) is 11.1. The highest BCUT2D eigenvalue weighted by atomic mass is 16.6. The Kier molecular flexibility index (Phi) is 5.97. The van der Waals surface area contributed by atoms with E-state index in [2.05, 4.69) is 6.92 Å². The van der Waals surface area contributed by atoms with E-state index in [1.165, 1.54) is 12.1 Å². The minimum Gasteiger partial charge on any atom is -0.490 e. The lowest BCUT2D eigenvalue weighted by Gasteiger charge is -2.08. The largest absolute Gasteiger partial charge is 0.490 e. The summed E-state index contributed by atoms with van der Waals surface area (Å²) in [7, 11) is 0. The molecule has 1 heterocycles. The van der Waals surface area contributed by atoms with Crippen molar-refractivity contribution in [2.45, 2.75) is 26.7 Å². The molecule has 0 spiro atoms. The second-order valence-corrected chi connectivity index (χ2v) is 5.01. The van der Waals surface area contributed by atoms with Crippen LogP contribution in [0.1, 0.15) is 25.8 Å². The van der Waals surface area contributed by atoms with Crippen LogP contribution in [-0.4, -0.2) is 19.2 Å². The summed E-state index contributed by atoms with van der Waals surface area (Å²) < 4.78 is 15.7. The molecule has 0 amide bonds. The molecule has 0 N–H and O–H groups in total. The molecule has 0 aliphatic rings. The third kappa shape index (κ3) is 4.71. The van der Waals surface area contributed by atoms with Crippen LogP contribution in [0.5, 0.6) is 5.75 Å². The molecule has 0 saturated carbocycles. The Hall–Kier alpha value is -2.56. The number of benzene rings is 1. The predicted molar refractivity (Wildman–Crippen MR) is 87.7 cm³/mol. The van der Waals surface area contributed by atoms with Crippen LogP contribution in [0.4, 0.5) is 0 Å². The first-order valence-corrected chi connectivity index (χ1v) is 7.63. The van der Waals surface area contributed by atoms with E-state index in [1.54, 1.807) is 19.1 Å². The van der Waals surface area contributed by atoms with Crippen molar-refractivity contribution in [3.63, 3.8) is 0 Å². The SMILES string of the molecule is CC=CC(=O)OCCOc1ccc2c(CCC)cc(=O)oc2c1. The van der Waals surface area contributed by atoms with Crippen molar-refractivity contribution in [1.82, 2.24) is 0 Å². The van der Waals surface area contributed by atoms with Crippen LogP contribution in [-0.2, 0) is 16.0 Å². The average Bonchev–Trinajstić information content (AvgIpc) is 2.51. The van der Waals surface area contributed by atoms with Crippen molar-refractivity contribution in [2.75, 3.05) is 13.2 Å². The van der Waals surface area contributed by atoms with Gasteiger partial charge in [-0.3, -0.25) is 0 Å². The van der Waals surface area contributed by atoms with Gasteiger partial charge in [0.2, 0.25) is 0 Å². The number of ether oxygens (including phenoxy) is 2. The Morgan fingerprint density at radius 2 is 2.09 bits per heavy atom. The summed E-state index contributed by atoms with van der Waals surface area (Å²) in [4.78, 5) is 22.8. The van der Waals surface area contributed by atoms with Crippen molar-refractivity contribution >= 4 is 16.9 Å². The third-order valence-electron chi connectivity index (χ3n) is 3.22. The second kappa shape index (κ2) is 8.17. The molecule has 0 radical (unpaired) electrons. The van der Waals surface area contributed by atoms with Crippen LogP contribution in [0, 0.1) is 0 Å². The lowest BCUT2D eigenvalue weighted by molar-refractivity contribution is -0.138. The van der Waals surface area contributed by atoms with Crippen LogP contribution in [0.2, 0.25) is 0 Å². The molecule has 0 fully saturated rings. The molecule has 0 saturated heterocycles. The van der Waals surface area contributed by atoms with Gasteiger partial charge >= 0.3 is 11.6 Å². The maximum Gasteiger partial charge on any atom is 0.336 e. The van der Waals surface area contributed by atoms with Crippen molar-refractivity contribution < 1.29 is 18.7 Å². The Balaban J connectivity index is 2.05. The maximum absolute atomic E-state index is 11.6. The van der Waals surface area contributed by atoms with Gasteiger partial charge in [-0.2, -0.15) is 0 Å². The number of carbonyl (C=O) groups excluding carboxylic acids is 1. The molecule has 5 nitrogen and oxygen atoms in total. The number of aryl methyl sites for hydroxylation is 1. The van der Waals surface area contributed by atoms with Gasteiger partial charge in [0.15, 0.2) is 0 Å². The number of rotatable bonds is 7. The van der Waals surface area contributed by atoms with Crippen LogP contribution in [0.15, 0.2) is 45.6 Å². The molecule has 0 bridgehead atoms. The Morgan fingerprint density at radius 1 is 1.26 bits per heavy atom. The maximum atomic E-state index is 11.6. The zero-order chi connectivity index (χ0) is 16.7. The topological polar surface area (TPSA) is 65.7 Å². The van der Waals surface area contributed by atoms with Crippen molar-refractivity contribution in [3.8, 4) is 5.75 Å². The van der Waals surface area contributed by atoms with E-state index < -0.39 is 5.97 Å². The van der Waals surface area contributed by atoms with Crippen molar-refractivity contribution in [1.29, 1.82) is 0 Å². The first-order valence-electron chi connectivity index (χ1n) is 7.63. The standard InChI is InChI=1S/C18H20O5/c1-3-5-13-11-18(20)23-16-12-14(7-8-15(13)16)21-9-10-22-17(19)6-4-2/h4,6-8,11-12H,3,5,9-10H2,1-2H3. The first kappa shape index (κ1) is 16.8. The molecular formula is C18H20O5.